The molecule has 0 aliphatic carbocycles. The smallest absolute Gasteiger partial charge is 0.317 e. The van der Waals surface area contributed by atoms with Gasteiger partial charge in [-0.1, -0.05) is 36.4 Å². The quantitative estimate of drug-likeness (QED) is 0.552. The number of benzene rings is 2. The Morgan fingerprint density at radius 3 is 2.32 bits per heavy atom. The summed E-state index contributed by atoms with van der Waals surface area (Å²) in [6, 6.07) is 18.1. The zero-order valence-corrected chi connectivity index (χ0v) is 17.2. The highest BCUT2D eigenvalue weighted by molar-refractivity contribution is 8.00. The number of esters is 1. The number of aryl methyl sites for hydroxylation is 1. The molecule has 0 aromatic heterocycles. The van der Waals surface area contributed by atoms with Crippen LogP contribution in [0.15, 0.2) is 59.5 Å². The Hall–Kier alpha value is -2.47. The number of piperazine rings is 1. The van der Waals surface area contributed by atoms with Crippen molar-refractivity contribution in [2.75, 3.05) is 36.8 Å². The van der Waals surface area contributed by atoms with E-state index in [2.05, 4.69) is 17.0 Å². The lowest BCUT2D eigenvalue weighted by atomic mass is 10.2. The summed E-state index contributed by atoms with van der Waals surface area (Å²) >= 11 is 1.44. The van der Waals surface area contributed by atoms with Gasteiger partial charge in [-0.3, -0.25) is 9.59 Å². The lowest BCUT2D eigenvalue weighted by Gasteiger charge is -2.37. The van der Waals surface area contributed by atoms with Gasteiger partial charge in [-0.25, -0.2) is 0 Å². The summed E-state index contributed by atoms with van der Waals surface area (Å²) < 4.78 is 5.37. The predicted molar refractivity (Wildman–Crippen MR) is 113 cm³/mol. The van der Waals surface area contributed by atoms with Gasteiger partial charge in [-0.15, -0.1) is 11.8 Å². The molecule has 148 valence electrons. The molecule has 1 amide bonds. The molecule has 0 spiro atoms. The second kappa shape index (κ2) is 9.64. The fourth-order valence-electron chi connectivity index (χ4n) is 3.22. The molecule has 1 saturated heterocycles. The minimum atomic E-state index is -0.756. The molecule has 1 heterocycles. The van der Waals surface area contributed by atoms with Crippen molar-refractivity contribution in [1.29, 1.82) is 0 Å². The molecule has 0 unspecified atom stereocenters. The minimum absolute atomic E-state index is 0.123. The molecule has 1 aliphatic heterocycles. The molecular weight excluding hydrogens is 372 g/mol. The normalized spacial score (nSPS) is 15.2. The van der Waals surface area contributed by atoms with Crippen LogP contribution in [0.5, 0.6) is 0 Å². The second-order valence-corrected chi connectivity index (χ2v) is 7.85. The molecule has 1 atom stereocenters. The van der Waals surface area contributed by atoms with Crippen molar-refractivity contribution in [3.8, 4) is 0 Å². The van der Waals surface area contributed by atoms with Crippen LogP contribution in [-0.2, 0) is 14.3 Å². The van der Waals surface area contributed by atoms with Gasteiger partial charge in [-0.2, -0.15) is 0 Å². The number of hydrogen-bond donors (Lipinski definition) is 0. The van der Waals surface area contributed by atoms with Crippen LogP contribution >= 0.6 is 11.8 Å². The van der Waals surface area contributed by atoms with Crippen LogP contribution in [0.1, 0.15) is 12.5 Å². The van der Waals surface area contributed by atoms with E-state index in [1.165, 1.54) is 17.4 Å². The molecule has 6 heteroatoms. The number of nitrogens with zero attached hydrogens (tertiary/aromatic N) is 2. The molecule has 3 rings (SSSR count). The lowest BCUT2D eigenvalue weighted by Crippen LogP contribution is -2.51. The van der Waals surface area contributed by atoms with Gasteiger partial charge in [0.1, 0.15) is 0 Å². The second-order valence-electron chi connectivity index (χ2n) is 6.83. The summed E-state index contributed by atoms with van der Waals surface area (Å²) in [5.41, 5.74) is 2.29. The van der Waals surface area contributed by atoms with Gasteiger partial charge in [0.05, 0.1) is 5.75 Å². The third-order valence-electron chi connectivity index (χ3n) is 4.81. The van der Waals surface area contributed by atoms with Crippen molar-refractivity contribution in [3.63, 3.8) is 0 Å². The highest BCUT2D eigenvalue weighted by Gasteiger charge is 2.27. The number of amides is 1. The first kappa shape index (κ1) is 20.3. The number of thioether (sulfide) groups is 1. The van der Waals surface area contributed by atoms with Crippen molar-refractivity contribution in [1.82, 2.24) is 4.90 Å². The summed E-state index contributed by atoms with van der Waals surface area (Å²) in [5.74, 6) is -0.288. The monoisotopic (exact) mass is 398 g/mol. The third-order valence-corrected chi connectivity index (χ3v) is 5.96. The molecular formula is C22H26N2O3S. The van der Waals surface area contributed by atoms with Crippen LogP contribution in [-0.4, -0.2) is 54.8 Å². The van der Waals surface area contributed by atoms with Crippen LogP contribution < -0.4 is 4.90 Å². The number of rotatable bonds is 6. The number of ether oxygens (including phenoxy) is 1. The van der Waals surface area contributed by atoms with Crippen molar-refractivity contribution in [2.45, 2.75) is 24.8 Å². The summed E-state index contributed by atoms with van der Waals surface area (Å²) in [6.07, 6.45) is -0.756. The summed E-state index contributed by atoms with van der Waals surface area (Å²) in [4.78, 5) is 29.9. The number of carbonyl (C=O) groups excluding carboxylic acids is 2. The molecule has 28 heavy (non-hydrogen) atoms. The topological polar surface area (TPSA) is 49.9 Å². The Morgan fingerprint density at radius 1 is 1.00 bits per heavy atom. The molecule has 2 aromatic carbocycles. The molecule has 1 fully saturated rings. The summed E-state index contributed by atoms with van der Waals surface area (Å²) in [7, 11) is 0. The highest BCUT2D eigenvalue weighted by atomic mass is 32.2. The predicted octanol–water partition coefficient (Wildman–Crippen LogP) is 3.37. The highest BCUT2D eigenvalue weighted by Crippen LogP contribution is 2.22. The largest absolute Gasteiger partial charge is 0.452 e. The average molecular weight is 399 g/mol. The van der Waals surface area contributed by atoms with E-state index in [0.29, 0.717) is 13.1 Å². The number of anilines is 1. The Labute approximate surface area is 170 Å². The maximum atomic E-state index is 12.6. The Balaban J connectivity index is 1.44. The number of carbonyl (C=O) groups is 2. The Bertz CT molecular complexity index is 804. The molecule has 0 saturated carbocycles. The maximum Gasteiger partial charge on any atom is 0.317 e. The van der Waals surface area contributed by atoms with Gasteiger partial charge in [-0.05, 0) is 37.6 Å². The fourth-order valence-corrected chi connectivity index (χ4v) is 4.03. The van der Waals surface area contributed by atoms with E-state index in [4.69, 9.17) is 4.74 Å². The van der Waals surface area contributed by atoms with E-state index in [1.807, 2.05) is 49.4 Å². The molecule has 1 aliphatic rings. The van der Waals surface area contributed by atoms with Crippen molar-refractivity contribution in [3.05, 3.63) is 60.2 Å². The first-order chi connectivity index (χ1) is 13.5. The number of para-hydroxylation sites is 1. The minimum Gasteiger partial charge on any atom is -0.452 e. The van der Waals surface area contributed by atoms with Crippen LogP contribution in [0.2, 0.25) is 0 Å². The summed E-state index contributed by atoms with van der Waals surface area (Å²) in [6.45, 7) is 6.48. The van der Waals surface area contributed by atoms with Gasteiger partial charge < -0.3 is 14.5 Å². The first-order valence-corrected chi connectivity index (χ1v) is 10.5. The maximum absolute atomic E-state index is 12.6. The van der Waals surface area contributed by atoms with Crippen LogP contribution in [0, 0.1) is 6.92 Å². The third kappa shape index (κ3) is 5.29. The van der Waals surface area contributed by atoms with Gasteiger partial charge in [0.25, 0.3) is 5.91 Å². The molecule has 0 bridgehead atoms. The summed E-state index contributed by atoms with van der Waals surface area (Å²) in [5, 5.41) is 0. The first-order valence-electron chi connectivity index (χ1n) is 9.51. The van der Waals surface area contributed by atoms with Crippen molar-refractivity contribution in [2.24, 2.45) is 0 Å². The van der Waals surface area contributed by atoms with Gasteiger partial charge >= 0.3 is 5.97 Å². The standard InChI is InChI=1S/C22H26N2O3S/c1-17-8-6-7-11-20(17)28-16-21(25)27-18(2)22(26)24-14-12-23(13-15-24)19-9-4-3-5-10-19/h3-11,18H,12-16H2,1-2H3/t18-/m1/s1. The van der Waals surface area contributed by atoms with E-state index in [-0.39, 0.29) is 17.6 Å². The fraction of sp³-hybridized carbons (Fsp3) is 0.364. The Kier molecular flexibility index (Phi) is 6.98. The van der Waals surface area contributed by atoms with E-state index < -0.39 is 6.10 Å². The molecule has 0 radical (unpaired) electrons. The van der Waals surface area contributed by atoms with Crippen molar-refractivity contribution >= 4 is 29.3 Å². The number of hydrogen-bond acceptors (Lipinski definition) is 5. The SMILES string of the molecule is Cc1ccccc1SCC(=O)O[C@H](C)C(=O)N1CCN(c2ccccc2)CC1. The van der Waals surface area contributed by atoms with Crippen LogP contribution in [0.4, 0.5) is 5.69 Å². The van der Waals surface area contributed by atoms with Crippen molar-refractivity contribution < 1.29 is 14.3 Å². The van der Waals surface area contributed by atoms with Gasteiger partial charge in [0.15, 0.2) is 6.10 Å². The van der Waals surface area contributed by atoms with Gasteiger partial charge in [0.2, 0.25) is 0 Å². The van der Waals surface area contributed by atoms with Crippen LogP contribution in [0.3, 0.4) is 0 Å². The average Bonchev–Trinajstić information content (AvgIpc) is 2.73. The van der Waals surface area contributed by atoms with E-state index >= 15 is 0 Å². The van der Waals surface area contributed by atoms with E-state index in [9.17, 15) is 9.59 Å². The van der Waals surface area contributed by atoms with Gasteiger partial charge in [0, 0.05) is 36.8 Å². The lowest BCUT2D eigenvalue weighted by molar-refractivity contribution is -0.157. The zero-order valence-electron chi connectivity index (χ0n) is 16.3. The molecule has 0 N–H and O–H groups in total. The molecule has 5 nitrogen and oxygen atoms in total. The van der Waals surface area contributed by atoms with Crippen LogP contribution in [0.25, 0.3) is 0 Å². The zero-order chi connectivity index (χ0) is 19.9. The van der Waals surface area contributed by atoms with E-state index in [1.54, 1.807) is 11.8 Å². The Morgan fingerprint density at radius 2 is 1.64 bits per heavy atom. The molecule has 2 aromatic rings. The van der Waals surface area contributed by atoms with E-state index in [0.717, 1.165) is 23.5 Å².